The van der Waals surface area contributed by atoms with E-state index in [0.717, 1.165) is 10.1 Å². The van der Waals surface area contributed by atoms with Crippen molar-refractivity contribution in [1.29, 1.82) is 0 Å². The van der Waals surface area contributed by atoms with E-state index in [1.54, 1.807) is 30.2 Å². The van der Waals surface area contributed by atoms with Gasteiger partial charge in [-0.1, -0.05) is 11.6 Å². The van der Waals surface area contributed by atoms with Gasteiger partial charge in [0.05, 0.1) is 47.1 Å². The third-order valence-electron chi connectivity index (χ3n) is 6.44. The molecule has 2 atom stereocenters. The highest BCUT2D eigenvalue weighted by Crippen LogP contribution is 2.50. The monoisotopic (exact) mass is 510 g/mol. The number of carbonyl (C=O) groups excluding carboxylic acids is 1. The van der Waals surface area contributed by atoms with Crippen LogP contribution in [0.4, 0.5) is 14.5 Å². The van der Waals surface area contributed by atoms with E-state index in [4.69, 9.17) is 11.6 Å². The van der Waals surface area contributed by atoms with Gasteiger partial charge in [0.15, 0.2) is 11.5 Å². The minimum atomic E-state index is -1.26. The average Bonchev–Trinajstić information content (AvgIpc) is 3.63. The lowest BCUT2D eigenvalue weighted by Crippen LogP contribution is -2.25. The maximum absolute atomic E-state index is 14.4. The van der Waals surface area contributed by atoms with Gasteiger partial charge in [-0.3, -0.25) is 9.48 Å². The Morgan fingerprint density at radius 3 is 2.64 bits per heavy atom. The number of anilines is 1. The fourth-order valence-corrected chi connectivity index (χ4v) is 5.01. The third-order valence-corrected chi connectivity index (χ3v) is 6.72. The fourth-order valence-electron chi connectivity index (χ4n) is 4.76. The molecule has 0 saturated carbocycles. The van der Waals surface area contributed by atoms with Crippen LogP contribution in [0.1, 0.15) is 36.1 Å². The first-order valence-electron chi connectivity index (χ1n) is 10.8. The van der Waals surface area contributed by atoms with Gasteiger partial charge in [0, 0.05) is 36.0 Å². The van der Waals surface area contributed by atoms with Crippen LogP contribution in [0.2, 0.25) is 5.02 Å². The summed E-state index contributed by atoms with van der Waals surface area (Å²) < 4.78 is 31.2. The topological polar surface area (TPSA) is 121 Å². The van der Waals surface area contributed by atoms with Crippen molar-refractivity contribution in [2.75, 3.05) is 5.32 Å². The maximum Gasteiger partial charge on any atom is 0.271 e. The second kappa shape index (κ2) is 7.88. The number of halogens is 3. The molecule has 11 nitrogen and oxygen atoms in total. The van der Waals surface area contributed by atoms with Gasteiger partial charge in [-0.05, 0) is 19.4 Å². The van der Waals surface area contributed by atoms with Crippen LogP contribution in [0.15, 0.2) is 43.2 Å². The van der Waals surface area contributed by atoms with Crippen molar-refractivity contribution in [1.82, 2.24) is 44.4 Å². The molecule has 1 N–H and O–H groups in total. The Balaban J connectivity index is 1.40. The lowest BCUT2D eigenvalue weighted by atomic mass is 9.80. The zero-order valence-electron chi connectivity index (χ0n) is 18.9. The highest BCUT2D eigenvalue weighted by Gasteiger charge is 2.48. The van der Waals surface area contributed by atoms with Gasteiger partial charge in [0.25, 0.3) is 5.95 Å². The zero-order valence-corrected chi connectivity index (χ0v) is 19.6. The molecule has 1 aliphatic carbocycles. The van der Waals surface area contributed by atoms with Gasteiger partial charge in [0.2, 0.25) is 11.7 Å². The molecule has 5 aromatic heterocycles. The number of hydrogen-bond acceptors (Lipinski definition) is 7. The van der Waals surface area contributed by atoms with Crippen molar-refractivity contribution in [2.45, 2.75) is 24.7 Å². The van der Waals surface area contributed by atoms with E-state index < -0.39 is 23.1 Å². The molecule has 0 spiro atoms. The van der Waals surface area contributed by atoms with Crippen molar-refractivity contribution in [3.8, 4) is 5.82 Å². The first-order valence-corrected chi connectivity index (χ1v) is 11.2. The Bertz CT molecular complexity index is 1650. The molecule has 14 heteroatoms. The van der Waals surface area contributed by atoms with Crippen molar-refractivity contribution >= 4 is 28.8 Å². The van der Waals surface area contributed by atoms with E-state index >= 15 is 0 Å². The van der Waals surface area contributed by atoms with E-state index in [-0.39, 0.29) is 16.6 Å². The van der Waals surface area contributed by atoms with Crippen LogP contribution in [0, 0.1) is 11.8 Å². The number of rotatable bonds is 4. The number of carbonyl (C=O) groups is 1. The van der Waals surface area contributed by atoms with Crippen LogP contribution < -0.4 is 5.32 Å². The summed E-state index contributed by atoms with van der Waals surface area (Å²) >= 11 is 6.34. The van der Waals surface area contributed by atoms with E-state index in [2.05, 4.69) is 35.7 Å². The van der Waals surface area contributed by atoms with Gasteiger partial charge in [-0.25, -0.2) is 14.5 Å². The number of pyridine rings is 1. The minimum absolute atomic E-state index is 0.238. The molecule has 36 heavy (non-hydrogen) atoms. The third kappa shape index (κ3) is 3.26. The van der Waals surface area contributed by atoms with Crippen LogP contribution >= 0.6 is 11.6 Å². The Morgan fingerprint density at radius 2 is 1.94 bits per heavy atom. The molecule has 0 fully saturated rings. The lowest BCUT2D eigenvalue weighted by molar-refractivity contribution is -0.117. The summed E-state index contributed by atoms with van der Waals surface area (Å²) in [4.78, 5) is 23.1. The summed E-state index contributed by atoms with van der Waals surface area (Å²) in [7, 11) is 1.77. The Kier molecular flexibility index (Phi) is 4.86. The second-order valence-electron chi connectivity index (χ2n) is 8.73. The number of nitrogens with one attached hydrogen (secondary N) is 1. The van der Waals surface area contributed by atoms with Crippen LogP contribution in [0.25, 0.3) is 11.5 Å². The summed E-state index contributed by atoms with van der Waals surface area (Å²) in [6.07, 6.45) is 9.59. The summed E-state index contributed by atoms with van der Waals surface area (Å²) in [6.45, 7) is 1.89. The second-order valence-corrected chi connectivity index (χ2v) is 9.14. The Labute approximate surface area is 206 Å². The normalized spacial score (nSPS) is 19.1. The molecule has 182 valence electrons. The summed E-state index contributed by atoms with van der Waals surface area (Å²) in [6, 6.07) is 1.54. The van der Waals surface area contributed by atoms with Gasteiger partial charge < -0.3 is 5.32 Å². The smallest absolute Gasteiger partial charge is 0.271 e. The minimum Gasteiger partial charge on any atom is -0.324 e. The Morgan fingerprint density at radius 1 is 1.17 bits per heavy atom. The van der Waals surface area contributed by atoms with Crippen LogP contribution in [-0.4, -0.2) is 50.3 Å². The Hall–Kier alpha value is -4.26. The number of fused-ring (bicyclic) bond motifs is 3. The van der Waals surface area contributed by atoms with Crippen molar-refractivity contribution < 1.29 is 13.6 Å². The molecular weight excluding hydrogens is 494 g/mol. The van der Waals surface area contributed by atoms with E-state index in [0.29, 0.717) is 29.2 Å². The predicted molar refractivity (Wildman–Crippen MR) is 123 cm³/mol. The van der Waals surface area contributed by atoms with Crippen LogP contribution in [0.3, 0.4) is 0 Å². The molecule has 1 aliphatic rings. The fraction of sp³-hybridized carbons (Fsp3) is 0.227. The number of aryl methyl sites for hydroxylation is 1. The quantitative estimate of drug-likeness (QED) is 0.394. The molecule has 2 unspecified atom stereocenters. The van der Waals surface area contributed by atoms with Crippen LogP contribution in [0.5, 0.6) is 0 Å². The van der Waals surface area contributed by atoms with Gasteiger partial charge in [0.1, 0.15) is 0 Å². The standard InChI is InChI=1S/C22H17ClF2N10O/c1-22(11-7-30-33(2)10-11)6-13(14-9-27-20-16(24)18(25)32-34(20)17(14)22)21(36)31-12-5-15(23)19(26-8-12)35-28-3-4-29-35/h3-5,7-10,13H,6H2,1-2H3,(H,31,36). The van der Waals surface area contributed by atoms with Gasteiger partial charge >= 0.3 is 0 Å². The molecule has 6 rings (SSSR count). The maximum atomic E-state index is 14.4. The van der Waals surface area contributed by atoms with Crippen molar-refractivity contribution in [2.24, 2.45) is 7.05 Å². The molecule has 5 aromatic rings. The lowest BCUT2D eigenvalue weighted by Gasteiger charge is -2.24. The van der Waals surface area contributed by atoms with Gasteiger partial charge in [-0.2, -0.15) is 24.1 Å². The highest BCUT2D eigenvalue weighted by molar-refractivity contribution is 6.32. The molecule has 0 aromatic carbocycles. The number of amides is 1. The first kappa shape index (κ1) is 22.2. The largest absolute Gasteiger partial charge is 0.324 e. The van der Waals surface area contributed by atoms with Crippen molar-refractivity contribution in [3.05, 3.63) is 76.9 Å². The number of aromatic nitrogens is 9. The van der Waals surface area contributed by atoms with Crippen LogP contribution in [-0.2, 0) is 17.3 Å². The number of nitrogens with zero attached hydrogens (tertiary/aromatic N) is 9. The molecular formula is C22H17ClF2N10O. The summed E-state index contributed by atoms with van der Waals surface area (Å²) in [5.41, 5.74) is 1.03. The highest BCUT2D eigenvalue weighted by atomic mass is 35.5. The molecule has 0 saturated heterocycles. The predicted octanol–water partition coefficient (Wildman–Crippen LogP) is 2.80. The van der Waals surface area contributed by atoms with E-state index in [1.165, 1.54) is 29.6 Å². The average molecular weight is 511 g/mol. The SMILES string of the molecule is Cn1cc(C2(C)CC(C(=O)Nc3cnc(-n4nccn4)c(Cl)c3)c3cnc4c(F)c(F)nn4c32)cn1. The number of hydrogen-bond donors (Lipinski definition) is 1. The first-order chi connectivity index (χ1) is 17.3. The molecule has 0 bridgehead atoms. The summed E-state index contributed by atoms with van der Waals surface area (Å²) in [5, 5.41) is 19.1. The molecule has 0 radical (unpaired) electrons. The van der Waals surface area contributed by atoms with Crippen molar-refractivity contribution in [3.63, 3.8) is 0 Å². The molecule has 5 heterocycles. The molecule has 0 aliphatic heterocycles. The zero-order chi connectivity index (χ0) is 25.2. The molecule has 1 amide bonds. The summed E-state index contributed by atoms with van der Waals surface area (Å²) in [5.74, 6) is -3.16. The van der Waals surface area contributed by atoms with Gasteiger partial charge in [-0.15, -0.1) is 9.90 Å². The van der Waals surface area contributed by atoms with E-state index in [1.807, 2.05) is 6.92 Å². The van der Waals surface area contributed by atoms with E-state index in [9.17, 15) is 13.6 Å².